The lowest BCUT2D eigenvalue weighted by Crippen LogP contribution is -2.35. The van der Waals surface area contributed by atoms with E-state index in [1.807, 2.05) is 0 Å². The van der Waals surface area contributed by atoms with Crippen molar-refractivity contribution in [1.82, 2.24) is 14.9 Å². The second-order valence-electron chi connectivity index (χ2n) is 4.47. The van der Waals surface area contributed by atoms with Crippen molar-refractivity contribution in [3.63, 3.8) is 0 Å². The second kappa shape index (κ2) is 6.48. The van der Waals surface area contributed by atoms with Crippen molar-refractivity contribution in [3.8, 4) is 6.07 Å². The van der Waals surface area contributed by atoms with Crippen LogP contribution in [-0.4, -0.2) is 21.2 Å². The Balaban J connectivity index is 2.04. The molecule has 1 amide bonds. The van der Waals surface area contributed by atoms with E-state index >= 15 is 0 Å². The van der Waals surface area contributed by atoms with Crippen molar-refractivity contribution in [3.05, 3.63) is 54.1 Å². The molecule has 0 saturated heterocycles. The largest absolute Gasteiger partial charge is 0.349 e. The van der Waals surface area contributed by atoms with Gasteiger partial charge < -0.3 is 9.88 Å². The van der Waals surface area contributed by atoms with Crippen LogP contribution in [0.4, 0.5) is 0 Å². The molecular formula is C15H14N4O2. The molecule has 6 heteroatoms. The van der Waals surface area contributed by atoms with Gasteiger partial charge in [0.25, 0.3) is 0 Å². The average molecular weight is 282 g/mol. The van der Waals surface area contributed by atoms with E-state index in [1.54, 1.807) is 60.4 Å². The average Bonchev–Trinajstić information content (AvgIpc) is 2.93. The number of hydrogen-bond acceptors (Lipinski definition) is 4. The number of aryl methyl sites for hydroxylation is 1. The quantitative estimate of drug-likeness (QED) is 0.656. The Morgan fingerprint density at radius 2 is 2.19 bits per heavy atom. The molecule has 0 aliphatic rings. The lowest BCUT2D eigenvalue weighted by Gasteiger charge is -2.10. The van der Waals surface area contributed by atoms with Crippen molar-refractivity contribution < 1.29 is 9.59 Å². The van der Waals surface area contributed by atoms with Gasteiger partial charge in [0, 0.05) is 19.4 Å². The highest BCUT2D eigenvalue weighted by Gasteiger charge is 2.28. The highest BCUT2D eigenvalue weighted by molar-refractivity contribution is 6.11. The number of nitrogens with zero attached hydrogens (tertiary/aromatic N) is 3. The van der Waals surface area contributed by atoms with Crippen molar-refractivity contribution >= 4 is 11.7 Å². The van der Waals surface area contributed by atoms with Gasteiger partial charge in [-0.3, -0.25) is 14.6 Å². The maximum Gasteiger partial charge on any atom is 0.245 e. The number of hydrogen-bond donors (Lipinski definition) is 1. The van der Waals surface area contributed by atoms with Crippen molar-refractivity contribution in [1.29, 1.82) is 5.26 Å². The van der Waals surface area contributed by atoms with Gasteiger partial charge in [-0.05, 0) is 24.3 Å². The molecule has 6 nitrogen and oxygen atoms in total. The van der Waals surface area contributed by atoms with E-state index < -0.39 is 17.6 Å². The van der Waals surface area contributed by atoms with Crippen LogP contribution in [0.5, 0.6) is 0 Å². The Kier molecular flexibility index (Phi) is 4.46. The van der Waals surface area contributed by atoms with Gasteiger partial charge in [0.15, 0.2) is 5.92 Å². The molecule has 106 valence electrons. The monoisotopic (exact) mass is 282 g/mol. The molecule has 0 aliphatic heterocycles. The molecule has 0 radical (unpaired) electrons. The fourth-order valence-corrected chi connectivity index (χ4v) is 1.88. The van der Waals surface area contributed by atoms with E-state index in [0.717, 1.165) is 0 Å². The fourth-order valence-electron chi connectivity index (χ4n) is 1.88. The summed E-state index contributed by atoms with van der Waals surface area (Å²) in [5, 5.41) is 11.7. The first-order valence-corrected chi connectivity index (χ1v) is 6.36. The van der Waals surface area contributed by atoms with E-state index in [2.05, 4.69) is 10.3 Å². The number of rotatable bonds is 5. The number of aromatic nitrogens is 2. The number of Topliss-reactive ketones (excluding diaryl/α,β-unsaturated/α-hetero) is 1. The zero-order valence-electron chi connectivity index (χ0n) is 11.5. The minimum atomic E-state index is -1.36. The van der Waals surface area contributed by atoms with Crippen molar-refractivity contribution in [2.45, 2.75) is 6.54 Å². The molecule has 1 N–H and O–H groups in total. The maximum atomic E-state index is 12.2. The lowest BCUT2D eigenvalue weighted by atomic mass is 10.0. The van der Waals surface area contributed by atoms with Gasteiger partial charge in [-0.25, -0.2) is 0 Å². The van der Waals surface area contributed by atoms with Crippen LogP contribution in [0, 0.1) is 17.2 Å². The summed E-state index contributed by atoms with van der Waals surface area (Å²) in [6.07, 6.45) is 3.30. The number of carbonyl (C=O) groups is 2. The van der Waals surface area contributed by atoms with Crippen LogP contribution in [0.25, 0.3) is 0 Å². The number of amides is 1. The molecule has 2 aromatic heterocycles. The summed E-state index contributed by atoms with van der Waals surface area (Å²) >= 11 is 0. The minimum absolute atomic E-state index is 0.179. The zero-order valence-corrected chi connectivity index (χ0v) is 11.5. The topological polar surface area (TPSA) is 87.8 Å². The summed E-state index contributed by atoms with van der Waals surface area (Å²) in [5.41, 5.74) is 0.989. The summed E-state index contributed by atoms with van der Waals surface area (Å²) in [7, 11) is 1.69. The maximum absolute atomic E-state index is 12.2. The number of nitriles is 1. The molecule has 21 heavy (non-hydrogen) atoms. The smallest absolute Gasteiger partial charge is 0.245 e. The van der Waals surface area contributed by atoms with Gasteiger partial charge in [-0.2, -0.15) is 5.26 Å². The van der Waals surface area contributed by atoms with Crippen LogP contribution in [0.15, 0.2) is 42.7 Å². The predicted octanol–water partition coefficient (Wildman–Crippen LogP) is 1.06. The standard InChI is InChI=1S/C15H14N4O2/c1-19-8-4-6-13(19)14(20)12(9-16)15(21)18-10-11-5-2-3-7-17-11/h2-8,12H,10H2,1H3,(H,18,21). The third kappa shape index (κ3) is 3.34. The Labute approximate surface area is 122 Å². The van der Waals surface area contributed by atoms with Crippen LogP contribution < -0.4 is 5.32 Å². The third-order valence-electron chi connectivity index (χ3n) is 3.02. The highest BCUT2D eigenvalue weighted by atomic mass is 16.2. The normalized spacial score (nSPS) is 11.4. The van der Waals surface area contributed by atoms with E-state index in [0.29, 0.717) is 11.4 Å². The SMILES string of the molecule is Cn1cccc1C(=O)C(C#N)C(=O)NCc1ccccn1. The Morgan fingerprint density at radius 1 is 1.38 bits per heavy atom. The van der Waals surface area contributed by atoms with E-state index in [4.69, 9.17) is 5.26 Å². The van der Waals surface area contributed by atoms with Gasteiger partial charge in [0.05, 0.1) is 24.0 Å². The van der Waals surface area contributed by atoms with Crippen LogP contribution in [0.1, 0.15) is 16.2 Å². The van der Waals surface area contributed by atoms with Crippen LogP contribution in [0.2, 0.25) is 0 Å². The highest BCUT2D eigenvalue weighted by Crippen LogP contribution is 2.09. The first kappa shape index (κ1) is 14.5. The van der Waals surface area contributed by atoms with Crippen LogP contribution >= 0.6 is 0 Å². The molecule has 0 spiro atoms. The minimum Gasteiger partial charge on any atom is -0.349 e. The number of pyridine rings is 1. The van der Waals surface area contributed by atoms with Crippen LogP contribution in [-0.2, 0) is 18.4 Å². The zero-order chi connectivity index (χ0) is 15.2. The molecule has 2 rings (SSSR count). The second-order valence-corrected chi connectivity index (χ2v) is 4.47. The molecule has 1 unspecified atom stereocenters. The van der Waals surface area contributed by atoms with E-state index in [1.165, 1.54) is 0 Å². The van der Waals surface area contributed by atoms with Crippen LogP contribution in [0.3, 0.4) is 0 Å². The Hall–Kier alpha value is -2.94. The van der Waals surface area contributed by atoms with Gasteiger partial charge in [0.2, 0.25) is 11.7 Å². The van der Waals surface area contributed by atoms with Gasteiger partial charge in [0.1, 0.15) is 0 Å². The predicted molar refractivity (Wildman–Crippen MR) is 74.9 cm³/mol. The number of nitrogens with one attached hydrogen (secondary N) is 1. The molecule has 1 atom stereocenters. The summed E-state index contributed by atoms with van der Waals surface area (Å²) in [6.45, 7) is 0.179. The molecule has 0 aromatic carbocycles. The van der Waals surface area contributed by atoms with Crippen molar-refractivity contribution in [2.75, 3.05) is 0 Å². The summed E-state index contributed by atoms with van der Waals surface area (Å²) in [5.74, 6) is -2.49. The molecule has 0 fully saturated rings. The summed E-state index contributed by atoms with van der Waals surface area (Å²) < 4.78 is 1.58. The lowest BCUT2D eigenvalue weighted by molar-refractivity contribution is -0.122. The van der Waals surface area contributed by atoms with Gasteiger partial charge in [-0.1, -0.05) is 6.07 Å². The Morgan fingerprint density at radius 3 is 2.76 bits per heavy atom. The molecule has 2 aromatic rings. The van der Waals surface area contributed by atoms with E-state index in [9.17, 15) is 9.59 Å². The first-order chi connectivity index (χ1) is 10.1. The molecule has 2 heterocycles. The Bertz CT molecular complexity index is 685. The molecule has 0 bridgehead atoms. The van der Waals surface area contributed by atoms with Crippen molar-refractivity contribution in [2.24, 2.45) is 13.0 Å². The van der Waals surface area contributed by atoms with Gasteiger partial charge in [-0.15, -0.1) is 0 Å². The van der Waals surface area contributed by atoms with E-state index in [-0.39, 0.29) is 6.54 Å². The number of carbonyl (C=O) groups excluding carboxylic acids is 2. The molecular weight excluding hydrogens is 268 g/mol. The number of ketones is 1. The summed E-state index contributed by atoms with van der Waals surface area (Å²) in [4.78, 5) is 28.3. The van der Waals surface area contributed by atoms with Gasteiger partial charge >= 0.3 is 0 Å². The third-order valence-corrected chi connectivity index (χ3v) is 3.02. The summed E-state index contributed by atoms with van der Waals surface area (Å²) in [6, 6.07) is 10.3. The molecule has 0 aliphatic carbocycles. The first-order valence-electron chi connectivity index (χ1n) is 6.36. The fraction of sp³-hybridized carbons (Fsp3) is 0.200. The molecule has 0 saturated carbocycles.